The number of hydrogen-bond donors (Lipinski definition) is 0. The topological polar surface area (TPSA) is 30.0 Å². The molecule has 15 heavy (non-hydrogen) atoms. The Morgan fingerprint density at radius 1 is 1.33 bits per heavy atom. The molecule has 0 aliphatic heterocycles. The minimum atomic E-state index is 0.145. The van der Waals surface area contributed by atoms with Crippen molar-refractivity contribution in [2.24, 2.45) is 0 Å². The number of rotatable bonds is 3. The van der Waals surface area contributed by atoms with E-state index in [0.29, 0.717) is 5.75 Å². The number of thioether (sulfide) groups is 1. The van der Waals surface area contributed by atoms with E-state index in [2.05, 4.69) is 4.98 Å². The molecule has 0 atom stereocenters. The molecule has 0 amide bonds. The average molecular weight is 217 g/mol. The van der Waals surface area contributed by atoms with E-state index < -0.39 is 0 Å². The molecule has 0 saturated carbocycles. The minimum Gasteiger partial charge on any atom is -0.293 e. The van der Waals surface area contributed by atoms with Gasteiger partial charge in [-0.3, -0.25) is 9.78 Å². The monoisotopic (exact) mass is 217 g/mol. The summed E-state index contributed by atoms with van der Waals surface area (Å²) in [5.74, 6) is 0.655. The van der Waals surface area contributed by atoms with Crippen molar-refractivity contribution in [3.05, 3.63) is 42.1 Å². The van der Waals surface area contributed by atoms with Crippen LogP contribution < -0.4 is 0 Å². The first-order chi connectivity index (χ1) is 7.33. The Bertz CT molecular complexity index is 490. The molecule has 0 saturated heterocycles. The lowest BCUT2D eigenvalue weighted by Gasteiger charge is -2.03. The van der Waals surface area contributed by atoms with Gasteiger partial charge in [-0.2, -0.15) is 11.8 Å². The molecule has 2 nitrogen and oxygen atoms in total. The highest BCUT2D eigenvalue weighted by Crippen LogP contribution is 2.17. The third-order valence-electron chi connectivity index (χ3n) is 2.21. The van der Waals surface area contributed by atoms with Gasteiger partial charge in [-0.1, -0.05) is 18.2 Å². The van der Waals surface area contributed by atoms with Gasteiger partial charge in [-0.25, -0.2) is 0 Å². The van der Waals surface area contributed by atoms with Crippen LogP contribution in [0.5, 0.6) is 0 Å². The first kappa shape index (κ1) is 10.2. The largest absolute Gasteiger partial charge is 0.293 e. The molecule has 0 aliphatic rings. The molecule has 1 aromatic heterocycles. The Morgan fingerprint density at radius 2 is 2.13 bits per heavy atom. The summed E-state index contributed by atoms with van der Waals surface area (Å²) in [4.78, 5) is 16.1. The maximum Gasteiger partial charge on any atom is 0.174 e. The highest BCUT2D eigenvalue weighted by atomic mass is 32.2. The van der Waals surface area contributed by atoms with E-state index in [0.717, 1.165) is 16.5 Å². The fourth-order valence-electron chi connectivity index (χ4n) is 1.54. The van der Waals surface area contributed by atoms with Crippen LogP contribution in [-0.4, -0.2) is 22.8 Å². The minimum absolute atomic E-state index is 0.145. The van der Waals surface area contributed by atoms with Crippen molar-refractivity contribution in [2.45, 2.75) is 0 Å². The predicted molar refractivity (Wildman–Crippen MR) is 64.5 cm³/mol. The zero-order chi connectivity index (χ0) is 10.7. The number of Topliss-reactive ketones (excluding diaryl/α,β-unsaturated/α-hetero) is 1. The normalized spacial score (nSPS) is 10.5. The van der Waals surface area contributed by atoms with Crippen LogP contribution in [0.15, 0.2) is 36.5 Å². The average Bonchev–Trinajstić information content (AvgIpc) is 2.28. The number of nitrogens with zero attached hydrogens (tertiary/aromatic N) is 1. The van der Waals surface area contributed by atoms with Crippen LogP contribution in [0.3, 0.4) is 0 Å². The Hall–Kier alpha value is -1.35. The summed E-state index contributed by atoms with van der Waals surface area (Å²) >= 11 is 1.54. The Balaban J connectivity index is 2.56. The zero-order valence-corrected chi connectivity index (χ0v) is 9.25. The fourth-order valence-corrected chi connectivity index (χ4v) is 1.96. The summed E-state index contributed by atoms with van der Waals surface area (Å²) in [6.45, 7) is 0. The maximum atomic E-state index is 11.8. The van der Waals surface area contributed by atoms with Crippen LogP contribution in [0.4, 0.5) is 0 Å². The van der Waals surface area contributed by atoms with E-state index in [9.17, 15) is 4.79 Å². The molecule has 3 heteroatoms. The smallest absolute Gasteiger partial charge is 0.174 e. The first-order valence-electron chi connectivity index (χ1n) is 4.69. The third-order valence-corrected chi connectivity index (χ3v) is 2.76. The van der Waals surface area contributed by atoms with Crippen LogP contribution >= 0.6 is 11.8 Å². The van der Waals surface area contributed by atoms with Gasteiger partial charge in [-0.05, 0) is 18.4 Å². The van der Waals surface area contributed by atoms with Crippen LogP contribution in [0.25, 0.3) is 10.9 Å². The Kier molecular flexibility index (Phi) is 3.02. The quantitative estimate of drug-likeness (QED) is 0.740. The van der Waals surface area contributed by atoms with Gasteiger partial charge in [0.2, 0.25) is 0 Å². The van der Waals surface area contributed by atoms with Crippen molar-refractivity contribution >= 4 is 28.4 Å². The summed E-state index contributed by atoms with van der Waals surface area (Å²) in [5, 5.41) is 1.02. The number of benzene rings is 1. The molecule has 0 fully saturated rings. The van der Waals surface area contributed by atoms with Crippen LogP contribution in [0.2, 0.25) is 0 Å². The number of aromatic nitrogens is 1. The SMILES string of the molecule is CSCC(=O)c1cccc2cccnc12. The molecule has 1 heterocycles. The zero-order valence-electron chi connectivity index (χ0n) is 8.43. The molecule has 1 aromatic carbocycles. The van der Waals surface area contributed by atoms with E-state index in [1.165, 1.54) is 11.8 Å². The molecule has 76 valence electrons. The summed E-state index contributed by atoms with van der Waals surface area (Å²) in [6.07, 6.45) is 3.65. The predicted octanol–water partition coefficient (Wildman–Crippen LogP) is 2.78. The lowest BCUT2D eigenvalue weighted by molar-refractivity contribution is 0.102. The molecule has 0 aliphatic carbocycles. The molecule has 0 unspecified atom stereocenters. The summed E-state index contributed by atoms with van der Waals surface area (Å²) in [6, 6.07) is 9.56. The highest BCUT2D eigenvalue weighted by molar-refractivity contribution is 7.99. The molecule has 0 spiro atoms. The third kappa shape index (κ3) is 2.02. The number of hydrogen-bond acceptors (Lipinski definition) is 3. The lowest BCUT2D eigenvalue weighted by Crippen LogP contribution is -2.03. The highest BCUT2D eigenvalue weighted by Gasteiger charge is 2.09. The Morgan fingerprint density at radius 3 is 2.93 bits per heavy atom. The number of pyridine rings is 1. The summed E-state index contributed by atoms with van der Waals surface area (Å²) in [7, 11) is 0. The summed E-state index contributed by atoms with van der Waals surface area (Å²) < 4.78 is 0. The number of carbonyl (C=O) groups is 1. The van der Waals surface area contributed by atoms with Gasteiger partial charge in [0.15, 0.2) is 5.78 Å². The van der Waals surface area contributed by atoms with Crippen LogP contribution in [0.1, 0.15) is 10.4 Å². The fraction of sp³-hybridized carbons (Fsp3) is 0.167. The molecule has 0 radical (unpaired) electrons. The number of fused-ring (bicyclic) bond motifs is 1. The van der Waals surface area contributed by atoms with Crippen molar-refractivity contribution in [2.75, 3.05) is 12.0 Å². The lowest BCUT2D eigenvalue weighted by atomic mass is 10.1. The number of carbonyl (C=O) groups excluding carboxylic acids is 1. The van der Waals surface area contributed by atoms with Gasteiger partial charge >= 0.3 is 0 Å². The standard InChI is InChI=1S/C12H11NOS/c1-15-8-11(14)10-6-2-4-9-5-3-7-13-12(9)10/h2-7H,8H2,1H3. The molecular formula is C12H11NOS. The van der Waals surface area contributed by atoms with Crippen molar-refractivity contribution in [1.82, 2.24) is 4.98 Å². The molecule has 0 bridgehead atoms. The van der Waals surface area contributed by atoms with Gasteiger partial charge in [0.1, 0.15) is 0 Å². The van der Waals surface area contributed by atoms with Gasteiger partial charge in [0.25, 0.3) is 0 Å². The second-order valence-electron chi connectivity index (χ2n) is 3.24. The van der Waals surface area contributed by atoms with Gasteiger partial charge in [-0.15, -0.1) is 0 Å². The van der Waals surface area contributed by atoms with Crippen molar-refractivity contribution in [3.63, 3.8) is 0 Å². The van der Waals surface area contributed by atoms with Crippen molar-refractivity contribution in [3.8, 4) is 0 Å². The number of para-hydroxylation sites is 1. The van der Waals surface area contributed by atoms with Crippen molar-refractivity contribution < 1.29 is 4.79 Å². The van der Waals surface area contributed by atoms with Crippen molar-refractivity contribution in [1.29, 1.82) is 0 Å². The van der Waals surface area contributed by atoms with E-state index >= 15 is 0 Å². The number of ketones is 1. The molecule has 0 N–H and O–H groups in total. The second-order valence-corrected chi connectivity index (χ2v) is 4.10. The van der Waals surface area contributed by atoms with E-state index in [1.807, 2.05) is 36.6 Å². The van der Waals surface area contributed by atoms with Crippen LogP contribution in [0, 0.1) is 0 Å². The molecule has 2 rings (SSSR count). The molecule has 2 aromatic rings. The maximum absolute atomic E-state index is 11.8. The molecular weight excluding hydrogens is 206 g/mol. The van der Waals surface area contributed by atoms with E-state index in [-0.39, 0.29) is 5.78 Å². The van der Waals surface area contributed by atoms with Gasteiger partial charge in [0.05, 0.1) is 11.3 Å². The Labute approximate surface area is 92.7 Å². The summed E-state index contributed by atoms with van der Waals surface area (Å²) in [5.41, 5.74) is 1.53. The van der Waals surface area contributed by atoms with E-state index in [4.69, 9.17) is 0 Å². The second kappa shape index (κ2) is 4.45. The van der Waals surface area contributed by atoms with Crippen LogP contribution in [-0.2, 0) is 0 Å². The van der Waals surface area contributed by atoms with Gasteiger partial charge < -0.3 is 0 Å². The van der Waals surface area contributed by atoms with E-state index in [1.54, 1.807) is 6.20 Å². The first-order valence-corrected chi connectivity index (χ1v) is 6.08. The van der Waals surface area contributed by atoms with Gasteiger partial charge in [0, 0.05) is 17.1 Å².